The number of rotatable bonds is 4. The van der Waals surface area contributed by atoms with Crippen molar-refractivity contribution in [3.63, 3.8) is 0 Å². The van der Waals surface area contributed by atoms with Gasteiger partial charge >= 0.3 is 0 Å². The zero-order valence-corrected chi connectivity index (χ0v) is 13.4. The third-order valence-corrected chi connectivity index (χ3v) is 3.84. The Bertz CT molecular complexity index is 667. The van der Waals surface area contributed by atoms with E-state index in [-0.39, 0.29) is 5.91 Å². The van der Waals surface area contributed by atoms with E-state index in [0.717, 1.165) is 23.2 Å². The maximum absolute atomic E-state index is 12.1. The molecule has 0 saturated carbocycles. The van der Waals surface area contributed by atoms with E-state index in [1.165, 1.54) is 6.92 Å². The molecule has 5 nitrogen and oxygen atoms in total. The van der Waals surface area contributed by atoms with E-state index in [0.29, 0.717) is 23.0 Å². The smallest absolute Gasteiger partial charge is 0.224 e. The van der Waals surface area contributed by atoms with Gasteiger partial charge in [0.25, 0.3) is 0 Å². The van der Waals surface area contributed by atoms with Crippen LogP contribution in [0.2, 0.25) is 5.02 Å². The maximum atomic E-state index is 12.1. The number of aromatic nitrogens is 2. The van der Waals surface area contributed by atoms with E-state index in [1.54, 1.807) is 11.8 Å². The first kappa shape index (κ1) is 15.5. The molecule has 6 heteroatoms. The van der Waals surface area contributed by atoms with Crippen molar-refractivity contribution < 1.29 is 9.42 Å². The molecular formula is C15H18ClN3O2. The molecule has 0 atom stereocenters. The minimum Gasteiger partial charge on any atom is -0.306 e. The van der Waals surface area contributed by atoms with Crippen LogP contribution >= 0.6 is 11.6 Å². The van der Waals surface area contributed by atoms with Crippen molar-refractivity contribution in [1.29, 1.82) is 0 Å². The highest BCUT2D eigenvalue weighted by Crippen LogP contribution is 2.32. The van der Waals surface area contributed by atoms with E-state index in [9.17, 15) is 4.79 Å². The second-order valence-corrected chi connectivity index (χ2v) is 5.35. The zero-order valence-electron chi connectivity index (χ0n) is 12.6. The molecule has 0 saturated heterocycles. The molecule has 1 aromatic heterocycles. The van der Waals surface area contributed by atoms with Gasteiger partial charge in [-0.15, -0.1) is 0 Å². The van der Waals surface area contributed by atoms with E-state index in [1.807, 2.05) is 26.0 Å². The molecule has 0 aliphatic carbocycles. The van der Waals surface area contributed by atoms with Gasteiger partial charge in [-0.2, -0.15) is 0 Å². The SMILES string of the molecule is CCc1c(Cl)ccc(C)c1N(Cc1nonc1C)C(C)=O. The van der Waals surface area contributed by atoms with Gasteiger partial charge in [-0.05, 0) is 37.5 Å². The molecule has 1 amide bonds. The summed E-state index contributed by atoms with van der Waals surface area (Å²) in [4.78, 5) is 13.8. The first-order chi connectivity index (χ1) is 9.95. The Hall–Kier alpha value is -1.88. The number of carbonyl (C=O) groups excluding carboxylic acids is 1. The quantitative estimate of drug-likeness (QED) is 0.868. The standard InChI is InChI=1S/C15H18ClN3O2/c1-5-12-13(16)7-6-9(2)15(12)19(11(4)20)8-14-10(3)17-21-18-14/h6-7H,5,8H2,1-4H3. The molecule has 1 aromatic carbocycles. The van der Waals surface area contributed by atoms with Gasteiger partial charge in [-0.3, -0.25) is 4.79 Å². The summed E-state index contributed by atoms with van der Waals surface area (Å²) in [5, 5.41) is 8.28. The maximum Gasteiger partial charge on any atom is 0.224 e. The number of aryl methyl sites for hydroxylation is 2. The lowest BCUT2D eigenvalue weighted by atomic mass is 10.0. The number of hydrogen-bond acceptors (Lipinski definition) is 4. The molecule has 0 spiro atoms. The first-order valence-electron chi connectivity index (χ1n) is 6.79. The van der Waals surface area contributed by atoms with Crippen molar-refractivity contribution in [2.75, 3.05) is 4.90 Å². The summed E-state index contributed by atoms with van der Waals surface area (Å²) in [5.41, 5.74) is 4.13. The molecular weight excluding hydrogens is 290 g/mol. The number of benzene rings is 1. The van der Waals surface area contributed by atoms with E-state index in [2.05, 4.69) is 10.3 Å². The van der Waals surface area contributed by atoms with Gasteiger partial charge in [0, 0.05) is 11.9 Å². The van der Waals surface area contributed by atoms with Gasteiger partial charge < -0.3 is 4.90 Å². The average Bonchev–Trinajstić information content (AvgIpc) is 2.84. The molecule has 2 aromatic rings. The molecule has 0 unspecified atom stereocenters. The fourth-order valence-electron chi connectivity index (χ4n) is 2.33. The van der Waals surface area contributed by atoms with Crippen LogP contribution in [0.25, 0.3) is 0 Å². The Morgan fingerprint density at radius 1 is 1.33 bits per heavy atom. The van der Waals surface area contributed by atoms with Gasteiger partial charge in [0.05, 0.1) is 12.2 Å². The van der Waals surface area contributed by atoms with Crippen molar-refractivity contribution in [2.45, 2.75) is 40.7 Å². The number of halogens is 1. The van der Waals surface area contributed by atoms with Crippen molar-refractivity contribution in [2.24, 2.45) is 0 Å². The highest BCUT2D eigenvalue weighted by atomic mass is 35.5. The van der Waals surface area contributed by atoms with Crippen LogP contribution in [-0.4, -0.2) is 16.2 Å². The molecule has 2 rings (SSSR count). The summed E-state index contributed by atoms with van der Waals surface area (Å²) in [6.45, 7) is 7.64. The van der Waals surface area contributed by atoms with Crippen LogP contribution in [0.5, 0.6) is 0 Å². The Morgan fingerprint density at radius 3 is 2.57 bits per heavy atom. The van der Waals surface area contributed by atoms with Crippen molar-refractivity contribution in [3.8, 4) is 0 Å². The first-order valence-corrected chi connectivity index (χ1v) is 7.17. The molecule has 0 fully saturated rings. The molecule has 1 heterocycles. The van der Waals surface area contributed by atoms with Crippen molar-refractivity contribution >= 4 is 23.2 Å². The number of amides is 1. The fourth-order valence-corrected chi connectivity index (χ4v) is 2.62. The van der Waals surface area contributed by atoms with Gasteiger partial charge in [0.2, 0.25) is 5.91 Å². The minimum absolute atomic E-state index is 0.0718. The lowest BCUT2D eigenvalue weighted by molar-refractivity contribution is -0.116. The summed E-state index contributed by atoms with van der Waals surface area (Å²) in [6.07, 6.45) is 0.746. The molecule has 0 aliphatic heterocycles. The lowest BCUT2D eigenvalue weighted by Crippen LogP contribution is -2.30. The van der Waals surface area contributed by atoms with Crippen LogP contribution in [0.1, 0.15) is 36.4 Å². The molecule has 0 N–H and O–H groups in total. The summed E-state index contributed by atoms with van der Waals surface area (Å²) < 4.78 is 4.71. The summed E-state index contributed by atoms with van der Waals surface area (Å²) in [7, 11) is 0. The Morgan fingerprint density at radius 2 is 2.05 bits per heavy atom. The summed E-state index contributed by atoms with van der Waals surface area (Å²) in [5.74, 6) is -0.0718. The largest absolute Gasteiger partial charge is 0.306 e. The molecule has 0 radical (unpaired) electrons. The van der Waals surface area contributed by atoms with Crippen LogP contribution in [-0.2, 0) is 17.8 Å². The van der Waals surface area contributed by atoms with Gasteiger partial charge in [-0.25, -0.2) is 4.63 Å². The molecule has 112 valence electrons. The van der Waals surface area contributed by atoms with Crippen LogP contribution in [0.3, 0.4) is 0 Å². The topological polar surface area (TPSA) is 59.2 Å². The third kappa shape index (κ3) is 3.08. The Labute approximate surface area is 128 Å². The second-order valence-electron chi connectivity index (χ2n) is 4.95. The van der Waals surface area contributed by atoms with E-state index >= 15 is 0 Å². The van der Waals surface area contributed by atoms with Gasteiger partial charge in [-0.1, -0.05) is 34.9 Å². The number of anilines is 1. The highest BCUT2D eigenvalue weighted by molar-refractivity contribution is 6.32. The zero-order chi connectivity index (χ0) is 15.6. The van der Waals surface area contributed by atoms with Gasteiger partial charge in [0.1, 0.15) is 11.4 Å². The fraction of sp³-hybridized carbons (Fsp3) is 0.400. The number of nitrogens with zero attached hydrogens (tertiary/aromatic N) is 3. The van der Waals surface area contributed by atoms with Crippen LogP contribution in [0.15, 0.2) is 16.8 Å². The summed E-state index contributed by atoms with van der Waals surface area (Å²) >= 11 is 6.28. The summed E-state index contributed by atoms with van der Waals surface area (Å²) in [6, 6.07) is 3.78. The monoisotopic (exact) mass is 307 g/mol. The third-order valence-electron chi connectivity index (χ3n) is 3.49. The van der Waals surface area contributed by atoms with Gasteiger partial charge in [0.15, 0.2) is 0 Å². The van der Waals surface area contributed by atoms with E-state index < -0.39 is 0 Å². The Kier molecular flexibility index (Phi) is 4.63. The lowest BCUT2D eigenvalue weighted by Gasteiger charge is -2.25. The van der Waals surface area contributed by atoms with Crippen LogP contribution in [0.4, 0.5) is 5.69 Å². The minimum atomic E-state index is -0.0718. The van der Waals surface area contributed by atoms with E-state index in [4.69, 9.17) is 16.2 Å². The van der Waals surface area contributed by atoms with Crippen LogP contribution < -0.4 is 4.90 Å². The normalized spacial score (nSPS) is 10.7. The highest BCUT2D eigenvalue weighted by Gasteiger charge is 2.21. The molecule has 0 bridgehead atoms. The van der Waals surface area contributed by atoms with Crippen LogP contribution in [0, 0.1) is 13.8 Å². The predicted octanol–water partition coefficient (Wildman–Crippen LogP) is 3.46. The number of carbonyl (C=O) groups is 1. The predicted molar refractivity (Wildman–Crippen MR) is 81.5 cm³/mol. The molecule has 0 aliphatic rings. The molecule has 21 heavy (non-hydrogen) atoms. The second kappa shape index (κ2) is 6.26. The Balaban J connectivity index is 2.51. The number of hydrogen-bond donors (Lipinski definition) is 0. The van der Waals surface area contributed by atoms with Crippen molar-refractivity contribution in [3.05, 3.63) is 39.7 Å². The van der Waals surface area contributed by atoms with Crippen molar-refractivity contribution in [1.82, 2.24) is 10.3 Å². The average molecular weight is 308 g/mol.